The molecule has 0 fully saturated rings. The van der Waals surface area contributed by atoms with E-state index in [4.69, 9.17) is 4.74 Å². The third-order valence-corrected chi connectivity index (χ3v) is 4.19. The molecular weight excluding hydrogens is 242 g/mol. The summed E-state index contributed by atoms with van der Waals surface area (Å²) in [7, 11) is 2.01. The fourth-order valence-electron chi connectivity index (χ4n) is 1.66. The Morgan fingerprint density at radius 3 is 2.17 bits per heavy atom. The van der Waals surface area contributed by atoms with Crippen molar-refractivity contribution >= 4 is 11.8 Å². The van der Waals surface area contributed by atoms with Crippen LogP contribution < -0.4 is 10.1 Å². The van der Waals surface area contributed by atoms with Gasteiger partial charge < -0.3 is 10.1 Å². The zero-order chi connectivity index (χ0) is 13.5. The Kier molecular flexibility index (Phi) is 6.58. The van der Waals surface area contributed by atoms with Gasteiger partial charge in [0.2, 0.25) is 0 Å². The Morgan fingerprint density at radius 2 is 1.72 bits per heavy atom. The number of ether oxygens (including phenoxy) is 1. The van der Waals surface area contributed by atoms with E-state index in [0.717, 1.165) is 12.3 Å². The molecule has 3 heteroatoms. The van der Waals surface area contributed by atoms with Gasteiger partial charge in [0.1, 0.15) is 5.75 Å². The highest BCUT2D eigenvalue weighted by atomic mass is 32.2. The molecule has 1 atom stereocenters. The van der Waals surface area contributed by atoms with E-state index in [1.807, 2.05) is 32.7 Å². The number of benzene rings is 1. The Balaban J connectivity index is 2.61. The third-order valence-electron chi connectivity index (χ3n) is 2.63. The SMILES string of the molecule is CNCC(Sc1ccc(OC(C)C)cc1)C(C)C. The Hall–Kier alpha value is -0.670. The summed E-state index contributed by atoms with van der Waals surface area (Å²) in [6.45, 7) is 9.66. The minimum absolute atomic E-state index is 0.233. The highest BCUT2D eigenvalue weighted by Crippen LogP contribution is 2.29. The summed E-state index contributed by atoms with van der Waals surface area (Å²) >= 11 is 1.93. The quantitative estimate of drug-likeness (QED) is 0.759. The van der Waals surface area contributed by atoms with Gasteiger partial charge in [-0.1, -0.05) is 13.8 Å². The predicted molar refractivity (Wildman–Crippen MR) is 80.6 cm³/mol. The number of hydrogen-bond donors (Lipinski definition) is 1. The summed E-state index contributed by atoms with van der Waals surface area (Å²) in [5, 5.41) is 3.86. The normalized spacial score (nSPS) is 13.1. The molecule has 0 aliphatic rings. The summed E-state index contributed by atoms with van der Waals surface area (Å²) in [6.07, 6.45) is 0.233. The molecule has 0 aliphatic heterocycles. The number of nitrogens with one attached hydrogen (secondary N) is 1. The van der Waals surface area contributed by atoms with E-state index in [2.05, 4.69) is 43.4 Å². The zero-order valence-electron chi connectivity index (χ0n) is 12.1. The molecule has 0 aromatic heterocycles. The van der Waals surface area contributed by atoms with Gasteiger partial charge in [0.05, 0.1) is 6.10 Å². The minimum Gasteiger partial charge on any atom is -0.491 e. The van der Waals surface area contributed by atoms with Crippen LogP contribution in [0.25, 0.3) is 0 Å². The first-order valence-corrected chi connectivity index (χ1v) is 7.49. The Morgan fingerprint density at radius 1 is 1.11 bits per heavy atom. The molecule has 18 heavy (non-hydrogen) atoms. The largest absolute Gasteiger partial charge is 0.491 e. The van der Waals surface area contributed by atoms with Crippen molar-refractivity contribution < 1.29 is 4.74 Å². The standard InChI is InChI=1S/C15H25NOS/c1-11(2)15(10-16-5)18-14-8-6-13(7-9-14)17-12(3)4/h6-9,11-12,15-16H,10H2,1-5H3. The monoisotopic (exact) mass is 267 g/mol. The van der Waals surface area contributed by atoms with Crippen LogP contribution in [0.2, 0.25) is 0 Å². The van der Waals surface area contributed by atoms with Crippen LogP contribution in [0.15, 0.2) is 29.2 Å². The second-order valence-electron chi connectivity index (χ2n) is 5.10. The van der Waals surface area contributed by atoms with Crippen LogP contribution in [0.5, 0.6) is 5.75 Å². The average Bonchev–Trinajstić information content (AvgIpc) is 2.30. The maximum absolute atomic E-state index is 5.65. The van der Waals surface area contributed by atoms with Gasteiger partial charge in [-0.3, -0.25) is 0 Å². The molecule has 2 nitrogen and oxygen atoms in total. The van der Waals surface area contributed by atoms with E-state index in [-0.39, 0.29) is 6.10 Å². The van der Waals surface area contributed by atoms with Crippen molar-refractivity contribution in [3.63, 3.8) is 0 Å². The second kappa shape index (κ2) is 7.70. The number of hydrogen-bond acceptors (Lipinski definition) is 3. The van der Waals surface area contributed by atoms with Crippen molar-refractivity contribution in [1.82, 2.24) is 5.32 Å². The van der Waals surface area contributed by atoms with Crippen molar-refractivity contribution in [2.45, 2.75) is 43.9 Å². The molecular formula is C15H25NOS. The van der Waals surface area contributed by atoms with E-state index >= 15 is 0 Å². The maximum Gasteiger partial charge on any atom is 0.119 e. The van der Waals surface area contributed by atoms with Crippen molar-refractivity contribution in [2.24, 2.45) is 5.92 Å². The molecule has 102 valence electrons. The third kappa shape index (κ3) is 5.32. The van der Waals surface area contributed by atoms with E-state index in [0.29, 0.717) is 11.2 Å². The van der Waals surface area contributed by atoms with Crippen LogP contribution in [0.4, 0.5) is 0 Å². The van der Waals surface area contributed by atoms with Gasteiger partial charge in [0, 0.05) is 16.7 Å². The summed E-state index contributed by atoms with van der Waals surface area (Å²) < 4.78 is 5.65. The maximum atomic E-state index is 5.65. The van der Waals surface area contributed by atoms with Crippen LogP contribution in [-0.2, 0) is 0 Å². The molecule has 0 amide bonds. The molecule has 0 spiro atoms. The molecule has 0 heterocycles. The molecule has 0 bridgehead atoms. The fraction of sp³-hybridized carbons (Fsp3) is 0.600. The van der Waals surface area contributed by atoms with Gasteiger partial charge in [-0.2, -0.15) is 0 Å². The smallest absolute Gasteiger partial charge is 0.119 e. The second-order valence-corrected chi connectivity index (χ2v) is 6.41. The molecule has 1 aromatic rings. The molecule has 1 rings (SSSR count). The summed E-state index contributed by atoms with van der Waals surface area (Å²) in [5.41, 5.74) is 0. The van der Waals surface area contributed by atoms with Crippen LogP contribution in [0.1, 0.15) is 27.7 Å². The topological polar surface area (TPSA) is 21.3 Å². The lowest BCUT2D eigenvalue weighted by Crippen LogP contribution is -2.25. The first-order valence-electron chi connectivity index (χ1n) is 6.61. The molecule has 1 aromatic carbocycles. The molecule has 1 N–H and O–H groups in total. The van der Waals surface area contributed by atoms with Gasteiger partial charge in [0.15, 0.2) is 0 Å². The van der Waals surface area contributed by atoms with Crippen molar-refractivity contribution in [3.8, 4) is 5.75 Å². The highest BCUT2D eigenvalue weighted by Gasteiger charge is 2.13. The van der Waals surface area contributed by atoms with E-state index < -0.39 is 0 Å². The molecule has 0 radical (unpaired) electrons. The fourth-order valence-corrected chi connectivity index (χ4v) is 2.82. The summed E-state index contributed by atoms with van der Waals surface area (Å²) in [4.78, 5) is 1.31. The van der Waals surface area contributed by atoms with Gasteiger partial charge in [-0.25, -0.2) is 0 Å². The summed E-state index contributed by atoms with van der Waals surface area (Å²) in [5.74, 6) is 1.61. The number of thioether (sulfide) groups is 1. The van der Waals surface area contributed by atoms with Crippen molar-refractivity contribution in [3.05, 3.63) is 24.3 Å². The Labute approximate surface area is 116 Å². The molecule has 0 saturated carbocycles. The van der Waals surface area contributed by atoms with Crippen molar-refractivity contribution in [1.29, 1.82) is 0 Å². The van der Waals surface area contributed by atoms with Crippen LogP contribution in [0, 0.1) is 5.92 Å². The number of rotatable bonds is 7. The minimum atomic E-state index is 0.233. The van der Waals surface area contributed by atoms with Crippen LogP contribution in [0.3, 0.4) is 0 Å². The lowest BCUT2D eigenvalue weighted by atomic mass is 10.1. The van der Waals surface area contributed by atoms with Crippen molar-refractivity contribution in [2.75, 3.05) is 13.6 Å². The van der Waals surface area contributed by atoms with Crippen LogP contribution in [-0.4, -0.2) is 24.9 Å². The van der Waals surface area contributed by atoms with E-state index in [1.165, 1.54) is 4.90 Å². The van der Waals surface area contributed by atoms with Gasteiger partial charge in [-0.05, 0) is 51.1 Å². The van der Waals surface area contributed by atoms with Gasteiger partial charge in [-0.15, -0.1) is 11.8 Å². The molecule has 1 unspecified atom stereocenters. The van der Waals surface area contributed by atoms with Crippen LogP contribution >= 0.6 is 11.8 Å². The molecule has 0 saturated heterocycles. The lowest BCUT2D eigenvalue weighted by molar-refractivity contribution is 0.242. The molecule has 0 aliphatic carbocycles. The predicted octanol–water partition coefficient (Wildman–Crippen LogP) is 3.81. The summed E-state index contributed by atoms with van der Waals surface area (Å²) in [6, 6.07) is 8.40. The zero-order valence-corrected chi connectivity index (χ0v) is 12.9. The van der Waals surface area contributed by atoms with E-state index in [9.17, 15) is 0 Å². The van der Waals surface area contributed by atoms with Gasteiger partial charge in [0.25, 0.3) is 0 Å². The van der Waals surface area contributed by atoms with Gasteiger partial charge >= 0.3 is 0 Å². The van der Waals surface area contributed by atoms with E-state index in [1.54, 1.807) is 0 Å². The Bertz CT molecular complexity index is 335. The first kappa shape index (κ1) is 15.4. The lowest BCUT2D eigenvalue weighted by Gasteiger charge is -2.20. The highest BCUT2D eigenvalue weighted by molar-refractivity contribution is 8.00. The average molecular weight is 267 g/mol. The first-order chi connectivity index (χ1) is 8.52.